The Balaban J connectivity index is 1.81. The molecule has 25 heavy (non-hydrogen) atoms. The Morgan fingerprint density at radius 3 is 2.40 bits per heavy atom. The molecule has 1 aromatic rings. The number of hydrogen-bond acceptors (Lipinski definition) is 3. The fraction of sp³-hybridized carbons (Fsp3) is 0.556. The second-order valence-electron chi connectivity index (χ2n) is 6.93. The molecule has 1 saturated heterocycles. The molecular weight excluding hydrogens is 335 g/mol. The van der Waals surface area contributed by atoms with Crippen LogP contribution < -0.4 is 0 Å². The zero-order chi connectivity index (χ0) is 18.2. The zero-order valence-electron chi connectivity index (χ0n) is 13.7. The van der Waals surface area contributed by atoms with E-state index < -0.39 is 35.7 Å². The number of hydrogen-bond donors (Lipinski definition) is 1. The number of amides is 2. The number of aliphatic hydroxyl groups is 1. The number of carbonyl (C=O) groups excluding carboxylic acids is 2. The van der Waals surface area contributed by atoms with Gasteiger partial charge in [0.15, 0.2) is 0 Å². The minimum absolute atomic E-state index is 0.0967. The highest BCUT2D eigenvalue weighted by molar-refractivity contribution is 6.06. The van der Waals surface area contributed by atoms with Gasteiger partial charge in [-0.2, -0.15) is 13.2 Å². The summed E-state index contributed by atoms with van der Waals surface area (Å²) < 4.78 is 39.3. The lowest BCUT2D eigenvalue weighted by molar-refractivity contribution is -0.144. The number of β-amino-alcohol motifs (C(OH)–C–C–N with tert-alkyl or cyclic N) is 1. The van der Waals surface area contributed by atoms with E-state index in [1.165, 1.54) is 18.2 Å². The third-order valence-corrected chi connectivity index (χ3v) is 5.28. The van der Waals surface area contributed by atoms with Gasteiger partial charge in [0, 0.05) is 6.42 Å². The molecule has 2 amide bonds. The summed E-state index contributed by atoms with van der Waals surface area (Å²) in [5.74, 6) is -0.754. The molecule has 1 spiro atoms. The first-order chi connectivity index (χ1) is 11.7. The predicted molar refractivity (Wildman–Crippen MR) is 83.3 cm³/mol. The molecule has 2 fully saturated rings. The molecule has 7 heteroatoms. The summed E-state index contributed by atoms with van der Waals surface area (Å²) in [6, 6.07) is 4.69. The molecule has 3 rings (SSSR count). The molecule has 1 aromatic carbocycles. The van der Waals surface area contributed by atoms with E-state index in [4.69, 9.17) is 0 Å². The van der Waals surface area contributed by atoms with Crippen molar-refractivity contribution in [3.05, 3.63) is 35.4 Å². The van der Waals surface area contributed by atoms with Gasteiger partial charge < -0.3 is 5.11 Å². The standard InChI is InChI=1S/C18H20F3NO3/c19-18(20,21)13-7-3-2-6-12(13)14(23)11-22-15(24)10-17(16(22)25)8-4-1-5-9-17/h2-3,6-7,14,23H,1,4-5,8-11H2. The number of nitrogens with zero attached hydrogens (tertiary/aromatic N) is 1. The molecule has 1 heterocycles. The molecule has 2 aliphatic rings. The van der Waals surface area contributed by atoms with Gasteiger partial charge in [-0.25, -0.2) is 0 Å². The van der Waals surface area contributed by atoms with Gasteiger partial charge in [0.05, 0.1) is 23.6 Å². The van der Waals surface area contributed by atoms with Crippen molar-refractivity contribution in [2.45, 2.75) is 50.8 Å². The Kier molecular flexibility index (Phi) is 4.62. The van der Waals surface area contributed by atoms with Gasteiger partial charge in [-0.15, -0.1) is 0 Å². The zero-order valence-corrected chi connectivity index (χ0v) is 13.7. The molecule has 136 valence electrons. The molecule has 1 saturated carbocycles. The SMILES string of the molecule is O=C1CC2(CCCCC2)C(=O)N1CC(O)c1ccccc1C(F)(F)F. The van der Waals surface area contributed by atoms with Gasteiger partial charge in [0.25, 0.3) is 0 Å². The normalized spacial score (nSPS) is 21.8. The predicted octanol–water partition coefficient (Wildman–Crippen LogP) is 3.45. The summed E-state index contributed by atoms with van der Waals surface area (Å²) in [6.07, 6.45) is -2.07. The third-order valence-electron chi connectivity index (χ3n) is 5.28. The van der Waals surface area contributed by atoms with E-state index in [-0.39, 0.29) is 17.9 Å². The van der Waals surface area contributed by atoms with Gasteiger partial charge >= 0.3 is 6.18 Å². The molecule has 1 aliphatic carbocycles. The molecular formula is C18H20F3NO3. The maximum Gasteiger partial charge on any atom is 0.416 e. The fourth-order valence-corrected chi connectivity index (χ4v) is 3.98. The van der Waals surface area contributed by atoms with Crippen molar-refractivity contribution in [2.75, 3.05) is 6.54 Å². The molecule has 0 bridgehead atoms. The molecule has 1 aliphatic heterocycles. The monoisotopic (exact) mass is 355 g/mol. The van der Waals surface area contributed by atoms with Crippen LogP contribution in [0.1, 0.15) is 55.8 Å². The summed E-state index contributed by atoms with van der Waals surface area (Å²) in [7, 11) is 0. The van der Waals surface area contributed by atoms with E-state index >= 15 is 0 Å². The van der Waals surface area contributed by atoms with Crippen LogP contribution in [0.15, 0.2) is 24.3 Å². The lowest BCUT2D eigenvalue weighted by Gasteiger charge is -2.31. The number of imide groups is 1. The van der Waals surface area contributed by atoms with Crippen molar-refractivity contribution in [1.82, 2.24) is 4.90 Å². The number of benzene rings is 1. The van der Waals surface area contributed by atoms with E-state index in [0.717, 1.165) is 30.2 Å². The van der Waals surface area contributed by atoms with E-state index in [2.05, 4.69) is 0 Å². The maximum atomic E-state index is 13.1. The lowest BCUT2D eigenvalue weighted by atomic mass is 9.73. The summed E-state index contributed by atoms with van der Waals surface area (Å²) >= 11 is 0. The fourth-order valence-electron chi connectivity index (χ4n) is 3.98. The van der Waals surface area contributed by atoms with Crippen molar-refractivity contribution < 1.29 is 27.9 Å². The van der Waals surface area contributed by atoms with Crippen LogP contribution in [0.3, 0.4) is 0 Å². The summed E-state index contributed by atoms with van der Waals surface area (Å²) in [4.78, 5) is 25.9. The number of aliphatic hydroxyl groups excluding tert-OH is 1. The van der Waals surface area contributed by atoms with Crippen LogP contribution in [0, 0.1) is 5.41 Å². The highest BCUT2D eigenvalue weighted by Gasteiger charge is 2.51. The van der Waals surface area contributed by atoms with Gasteiger partial charge in [0.2, 0.25) is 11.8 Å². The Morgan fingerprint density at radius 1 is 1.12 bits per heavy atom. The Hall–Kier alpha value is -1.89. The largest absolute Gasteiger partial charge is 0.416 e. The third kappa shape index (κ3) is 3.29. The van der Waals surface area contributed by atoms with Crippen LogP contribution >= 0.6 is 0 Å². The Bertz CT molecular complexity index is 680. The Morgan fingerprint density at radius 2 is 1.76 bits per heavy atom. The second kappa shape index (κ2) is 6.44. The number of likely N-dealkylation sites (tertiary alicyclic amines) is 1. The molecule has 1 N–H and O–H groups in total. The molecule has 4 nitrogen and oxygen atoms in total. The summed E-state index contributed by atoms with van der Waals surface area (Å²) in [6.45, 7) is -0.438. The van der Waals surface area contributed by atoms with Crippen LogP contribution in [0.2, 0.25) is 0 Å². The van der Waals surface area contributed by atoms with Crippen LogP contribution in [0.25, 0.3) is 0 Å². The number of halogens is 3. The highest BCUT2D eigenvalue weighted by atomic mass is 19.4. The van der Waals surface area contributed by atoms with Gasteiger partial charge in [-0.3, -0.25) is 14.5 Å². The molecule has 0 aromatic heterocycles. The smallest absolute Gasteiger partial charge is 0.387 e. The first-order valence-corrected chi connectivity index (χ1v) is 8.44. The van der Waals surface area contributed by atoms with E-state index in [0.29, 0.717) is 12.8 Å². The topological polar surface area (TPSA) is 57.6 Å². The van der Waals surface area contributed by atoms with Crippen molar-refractivity contribution >= 4 is 11.8 Å². The van der Waals surface area contributed by atoms with E-state index in [9.17, 15) is 27.9 Å². The maximum absolute atomic E-state index is 13.1. The Labute approximate surface area is 143 Å². The first kappa shape index (κ1) is 17.9. The number of rotatable bonds is 3. The number of alkyl halides is 3. The van der Waals surface area contributed by atoms with E-state index in [1.54, 1.807) is 0 Å². The van der Waals surface area contributed by atoms with Crippen molar-refractivity contribution in [3.8, 4) is 0 Å². The minimum atomic E-state index is -4.61. The van der Waals surface area contributed by atoms with E-state index in [1.807, 2.05) is 0 Å². The van der Waals surface area contributed by atoms with Crippen LogP contribution in [-0.2, 0) is 15.8 Å². The van der Waals surface area contributed by atoms with Gasteiger partial charge in [0.1, 0.15) is 0 Å². The van der Waals surface area contributed by atoms with Crippen LogP contribution in [0.5, 0.6) is 0 Å². The number of carbonyl (C=O) groups is 2. The van der Waals surface area contributed by atoms with Gasteiger partial charge in [-0.1, -0.05) is 37.5 Å². The average Bonchev–Trinajstić information content (AvgIpc) is 2.79. The van der Waals surface area contributed by atoms with Crippen molar-refractivity contribution in [3.63, 3.8) is 0 Å². The molecule has 1 unspecified atom stereocenters. The molecule has 0 radical (unpaired) electrons. The summed E-state index contributed by atoms with van der Waals surface area (Å²) in [5.41, 5.74) is -1.98. The van der Waals surface area contributed by atoms with Gasteiger partial charge in [-0.05, 0) is 24.5 Å². The first-order valence-electron chi connectivity index (χ1n) is 8.44. The highest BCUT2D eigenvalue weighted by Crippen LogP contribution is 2.46. The minimum Gasteiger partial charge on any atom is -0.387 e. The van der Waals surface area contributed by atoms with Crippen LogP contribution in [0.4, 0.5) is 13.2 Å². The van der Waals surface area contributed by atoms with Crippen molar-refractivity contribution in [1.29, 1.82) is 0 Å². The second-order valence-corrected chi connectivity index (χ2v) is 6.93. The lowest BCUT2D eigenvalue weighted by Crippen LogP contribution is -2.39. The molecule has 1 atom stereocenters. The summed E-state index contributed by atoms with van der Waals surface area (Å²) in [5, 5.41) is 10.3. The average molecular weight is 355 g/mol. The quantitative estimate of drug-likeness (QED) is 0.845. The van der Waals surface area contributed by atoms with Crippen molar-refractivity contribution in [2.24, 2.45) is 5.41 Å². The van der Waals surface area contributed by atoms with Crippen LogP contribution in [-0.4, -0.2) is 28.4 Å².